The lowest BCUT2D eigenvalue weighted by atomic mass is 10.3. The topological polar surface area (TPSA) is 60.4 Å². The second kappa shape index (κ2) is 3.31. The second-order valence-electron chi connectivity index (χ2n) is 3.58. The Hall–Kier alpha value is -1.88. The molecule has 1 amide bonds. The molecule has 1 aromatic carbocycles. The van der Waals surface area contributed by atoms with Gasteiger partial charge >= 0.3 is 0 Å². The standard InChI is InChI=1S/C11H9N3OS/c12-10(15)5-7-6-13-11-14(7)8-3-1-2-4-9(8)16-11/h1-4,6H,5H2,(H2,12,15). The Morgan fingerprint density at radius 1 is 1.44 bits per heavy atom. The number of carbonyl (C=O) groups excluding carboxylic acids is 1. The number of benzene rings is 1. The Balaban J connectivity index is 2.34. The molecular formula is C11H9N3OS. The lowest BCUT2D eigenvalue weighted by molar-refractivity contribution is -0.117. The molecule has 5 heteroatoms. The van der Waals surface area contributed by atoms with Crippen molar-refractivity contribution in [1.29, 1.82) is 0 Å². The van der Waals surface area contributed by atoms with Gasteiger partial charge in [0.15, 0.2) is 4.96 Å². The third-order valence-corrected chi connectivity index (χ3v) is 3.50. The number of rotatable bonds is 2. The van der Waals surface area contributed by atoms with E-state index < -0.39 is 0 Å². The van der Waals surface area contributed by atoms with Crippen LogP contribution in [0.3, 0.4) is 0 Å². The predicted molar refractivity (Wildman–Crippen MR) is 63.5 cm³/mol. The Bertz CT molecular complexity index is 683. The third kappa shape index (κ3) is 1.29. The number of imidazole rings is 1. The average Bonchev–Trinajstić information content (AvgIpc) is 2.77. The summed E-state index contributed by atoms with van der Waals surface area (Å²) in [7, 11) is 0. The number of hydrogen-bond donors (Lipinski definition) is 1. The van der Waals surface area contributed by atoms with Gasteiger partial charge in [0.05, 0.1) is 28.5 Å². The Labute approximate surface area is 95.3 Å². The molecule has 0 saturated carbocycles. The number of para-hydroxylation sites is 1. The van der Waals surface area contributed by atoms with Crippen molar-refractivity contribution in [2.75, 3.05) is 0 Å². The van der Waals surface area contributed by atoms with Crippen molar-refractivity contribution >= 4 is 32.4 Å². The Morgan fingerprint density at radius 3 is 3.06 bits per heavy atom. The molecule has 4 nitrogen and oxygen atoms in total. The number of hydrogen-bond acceptors (Lipinski definition) is 3. The van der Waals surface area contributed by atoms with Gasteiger partial charge in [-0.2, -0.15) is 0 Å². The number of carbonyl (C=O) groups is 1. The molecule has 2 heterocycles. The Kier molecular flexibility index (Phi) is 1.94. The van der Waals surface area contributed by atoms with Crippen LogP contribution in [0.25, 0.3) is 15.2 Å². The van der Waals surface area contributed by atoms with Crippen LogP contribution in [0.2, 0.25) is 0 Å². The highest BCUT2D eigenvalue weighted by molar-refractivity contribution is 7.23. The first-order chi connectivity index (χ1) is 7.75. The van der Waals surface area contributed by atoms with Crippen LogP contribution in [-0.4, -0.2) is 15.3 Å². The van der Waals surface area contributed by atoms with Crippen LogP contribution in [-0.2, 0) is 11.2 Å². The maximum Gasteiger partial charge on any atom is 0.223 e. The van der Waals surface area contributed by atoms with Crippen molar-refractivity contribution in [2.45, 2.75) is 6.42 Å². The summed E-state index contributed by atoms with van der Waals surface area (Å²) in [4.78, 5) is 16.1. The normalized spacial score (nSPS) is 11.2. The summed E-state index contributed by atoms with van der Waals surface area (Å²) in [5, 5.41) is 0. The lowest BCUT2D eigenvalue weighted by Gasteiger charge is -1.96. The van der Waals surface area contributed by atoms with E-state index in [0.29, 0.717) is 0 Å². The molecule has 3 rings (SSSR count). The molecule has 0 saturated heterocycles. The first-order valence-corrected chi connectivity index (χ1v) is 5.69. The largest absolute Gasteiger partial charge is 0.369 e. The summed E-state index contributed by atoms with van der Waals surface area (Å²) in [6.45, 7) is 0. The molecule has 0 fully saturated rings. The van der Waals surface area contributed by atoms with E-state index in [1.54, 1.807) is 17.5 Å². The number of nitrogens with two attached hydrogens (primary N) is 1. The van der Waals surface area contributed by atoms with Gasteiger partial charge < -0.3 is 5.73 Å². The third-order valence-electron chi connectivity index (χ3n) is 2.47. The van der Waals surface area contributed by atoms with Crippen LogP contribution >= 0.6 is 11.3 Å². The fourth-order valence-electron chi connectivity index (χ4n) is 1.83. The van der Waals surface area contributed by atoms with Crippen LogP contribution in [0, 0.1) is 0 Å². The average molecular weight is 231 g/mol. The van der Waals surface area contributed by atoms with Crippen molar-refractivity contribution in [3.8, 4) is 0 Å². The van der Waals surface area contributed by atoms with Crippen LogP contribution in [0.4, 0.5) is 0 Å². The lowest BCUT2D eigenvalue weighted by Crippen LogP contribution is -2.14. The fourth-order valence-corrected chi connectivity index (χ4v) is 2.85. The number of amides is 1. The highest BCUT2D eigenvalue weighted by Gasteiger charge is 2.11. The zero-order chi connectivity index (χ0) is 11.1. The van der Waals surface area contributed by atoms with E-state index in [0.717, 1.165) is 20.9 Å². The zero-order valence-electron chi connectivity index (χ0n) is 8.38. The molecule has 2 N–H and O–H groups in total. The van der Waals surface area contributed by atoms with Crippen LogP contribution < -0.4 is 5.73 Å². The molecule has 0 aliphatic rings. The summed E-state index contributed by atoms with van der Waals surface area (Å²) in [6.07, 6.45) is 1.94. The molecule has 0 aliphatic heterocycles. The second-order valence-corrected chi connectivity index (χ2v) is 4.59. The molecule has 0 bridgehead atoms. The van der Waals surface area contributed by atoms with Crippen LogP contribution in [0.1, 0.15) is 5.69 Å². The molecule has 0 radical (unpaired) electrons. The zero-order valence-corrected chi connectivity index (χ0v) is 9.20. The van der Waals surface area contributed by atoms with Gasteiger partial charge in [-0.05, 0) is 12.1 Å². The van der Waals surface area contributed by atoms with E-state index >= 15 is 0 Å². The van der Waals surface area contributed by atoms with Gasteiger partial charge in [0.2, 0.25) is 5.91 Å². The van der Waals surface area contributed by atoms with Crippen molar-refractivity contribution in [3.05, 3.63) is 36.2 Å². The van der Waals surface area contributed by atoms with E-state index in [2.05, 4.69) is 4.98 Å². The van der Waals surface area contributed by atoms with Gasteiger partial charge in [0.1, 0.15) is 0 Å². The number of aromatic nitrogens is 2. The van der Waals surface area contributed by atoms with Gasteiger partial charge in [-0.15, -0.1) is 0 Å². The minimum absolute atomic E-state index is 0.224. The highest BCUT2D eigenvalue weighted by Crippen LogP contribution is 2.26. The number of nitrogens with zero attached hydrogens (tertiary/aromatic N) is 2. The van der Waals surface area contributed by atoms with Crippen LogP contribution in [0.5, 0.6) is 0 Å². The first-order valence-electron chi connectivity index (χ1n) is 4.88. The van der Waals surface area contributed by atoms with E-state index in [4.69, 9.17) is 5.73 Å². The molecule has 0 spiro atoms. The van der Waals surface area contributed by atoms with Crippen molar-refractivity contribution in [3.63, 3.8) is 0 Å². The van der Waals surface area contributed by atoms with Crippen molar-refractivity contribution < 1.29 is 4.79 Å². The summed E-state index contributed by atoms with van der Waals surface area (Å²) >= 11 is 1.61. The summed E-state index contributed by atoms with van der Waals surface area (Å²) in [6, 6.07) is 8.03. The summed E-state index contributed by atoms with van der Waals surface area (Å²) in [5.74, 6) is -0.336. The highest BCUT2D eigenvalue weighted by atomic mass is 32.1. The Morgan fingerprint density at radius 2 is 2.25 bits per heavy atom. The number of primary amides is 1. The van der Waals surface area contributed by atoms with Gasteiger partial charge in [-0.3, -0.25) is 9.20 Å². The van der Waals surface area contributed by atoms with Crippen LogP contribution in [0.15, 0.2) is 30.5 Å². The molecule has 0 atom stereocenters. The van der Waals surface area contributed by atoms with Gasteiger partial charge in [0, 0.05) is 0 Å². The maximum absolute atomic E-state index is 11.0. The number of thiazole rings is 1. The smallest absolute Gasteiger partial charge is 0.223 e. The van der Waals surface area contributed by atoms with Gasteiger partial charge in [-0.25, -0.2) is 4.98 Å². The minimum atomic E-state index is -0.336. The summed E-state index contributed by atoms with van der Waals surface area (Å²) < 4.78 is 3.15. The molecule has 2 aromatic heterocycles. The quantitative estimate of drug-likeness (QED) is 0.727. The van der Waals surface area contributed by atoms with E-state index in [1.807, 2.05) is 28.7 Å². The van der Waals surface area contributed by atoms with Crippen molar-refractivity contribution in [2.24, 2.45) is 5.73 Å². The molecule has 16 heavy (non-hydrogen) atoms. The van der Waals surface area contributed by atoms with E-state index in [-0.39, 0.29) is 12.3 Å². The van der Waals surface area contributed by atoms with Crippen molar-refractivity contribution in [1.82, 2.24) is 9.38 Å². The maximum atomic E-state index is 11.0. The number of fused-ring (bicyclic) bond motifs is 3. The molecule has 0 unspecified atom stereocenters. The fraction of sp³-hybridized carbons (Fsp3) is 0.0909. The monoisotopic (exact) mass is 231 g/mol. The molecule has 3 aromatic rings. The molecule has 80 valence electrons. The predicted octanol–water partition coefficient (Wildman–Crippen LogP) is 1.58. The van der Waals surface area contributed by atoms with E-state index in [9.17, 15) is 4.79 Å². The first kappa shape index (κ1) is 9.35. The SMILES string of the molecule is NC(=O)Cc1cnc2sc3ccccc3n12. The minimum Gasteiger partial charge on any atom is -0.369 e. The van der Waals surface area contributed by atoms with Gasteiger partial charge in [0.25, 0.3) is 0 Å². The molecular weight excluding hydrogens is 222 g/mol. The molecule has 0 aliphatic carbocycles. The van der Waals surface area contributed by atoms with Gasteiger partial charge in [-0.1, -0.05) is 23.5 Å². The van der Waals surface area contributed by atoms with E-state index in [1.165, 1.54) is 0 Å². The summed E-state index contributed by atoms with van der Waals surface area (Å²) in [5.41, 5.74) is 7.14.